The molecule has 1 N–H and O–H groups in total. The molecule has 0 saturated carbocycles. The van der Waals surface area contributed by atoms with Crippen LogP contribution in [0.2, 0.25) is 0 Å². The predicted octanol–water partition coefficient (Wildman–Crippen LogP) is 0.393. The minimum absolute atomic E-state index is 0.371. The molecule has 17 heavy (non-hydrogen) atoms. The lowest BCUT2D eigenvalue weighted by atomic mass is 9.90. The van der Waals surface area contributed by atoms with Crippen molar-refractivity contribution in [1.29, 1.82) is 0 Å². The molecule has 0 spiro atoms. The lowest BCUT2D eigenvalue weighted by Crippen LogP contribution is -2.51. The van der Waals surface area contributed by atoms with Gasteiger partial charge in [-0.2, -0.15) is 0 Å². The molecule has 0 aromatic heterocycles. The second-order valence-electron chi connectivity index (χ2n) is 5.61. The van der Waals surface area contributed by atoms with E-state index in [-0.39, 0.29) is 0 Å². The van der Waals surface area contributed by atoms with Crippen LogP contribution in [0, 0.1) is 0 Å². The summed E-state index contributed by atoms with van der Waals surface area (Å²) >= 11 is 0. The molecule has 0 radical (unpaired) electrons. The molecule has 2 rings (SSSR count). The largest absolute Gasteiger partial charge is 0.379 e. The molecule has 100 valence electrons. The summed E-state index contributed by atoms with van der Waals surface area (Å²) in [6.07, 6.45) is 2.54. The van der Waals surface area contributed by atoms with Crippen molar-refractivity contribution in [2.45, 2.75) is 25.3 Å². The first-order valence-corrected chi connectivity index (χ1v) is 6.93. The quantitative estimate of drug-likeness (QED) is 0.771. The van der Waals surface area contributed by atoms with Crippen LogP contribution in [-0.4, -0.2) is 74.9 Å². The average Bonchev–Trinajstić information content (AvgIpc) is 2.39. The van der Waals surface area contributed by atoms with Crippen molar-refractivity contribution in [1.82, 2.24) is 15.1 Å². The van der Waals surface area contributed by atoms with Crippen LogP contribution in [0.3, 0.4) is 0 Å². The Hall–Kier alpha value is -0.160. The molecule has 2 aliphatic heterocycles. The number of rotatable bonds is 4. The first kappa shape index (κ1) is 13.3. The summed E-state index contributed by atoms with van der Waals surface area (Å²) < 4.78 is 5.37. The van der Waals surface area contributed by atoms with E-state index in [4.69, 9.17) is 4.74 Å². The number of morpholine rings is 1. The smallest absolute Gasteiger partial charge is 0.0594 e. The maximum Gasteiger partial charge on any atom is 0.0594 e. The zero-order valence-corrected chi connectivity index (χ0v) is 11.4. The van der Waals surface area contributed by atoms with Gasteiger partial charge >= 0.3 is 0 Å². The van der Waals surface area contributed by atoms with E-state index < -0.39 is 0 Å². The van der Waals surface area contributed by atoms with Crippen LogP contribution in [0.25, 0.3) is 0 Å². The van der Waals surface area contributed by atoms with Gasteiger partial charge in [0.15, 0.2) is 0 Å². The SMILES string of the molecule is CNC1(C)CCN(CCN2CCOCC2)CC1. The molecule has 0 atom stereocenters. The van der Waals surface area contributed by atoms with Gasteiger partial charge in [-0.05, 0) is 39.9 Å². The van der Waals surface area contributed by atoms with Crippen molar-refractivity contribution < 1.29 is 4.74 Å². The van der Waals surface area contributed by atoms with Gasteiger partial charge in [-0.3, -0.25) is 4.90 Å². The number of piperidine rings is 1. The molecule has 0 amide bonds. The molecule has 0 aromatic carbocycles. The lowest BCUT2D eigenvalue weighted by Gasteiger charge is -2.40. The van der Waals surface area contributed by atoms with Crippen LogP contribution in [0.15, 0.2) is 0 Å². The normalized spacial score (nSPS) is 27.2. The second-order valence-corrected chi connectivity index (χ2v) is 5.61. The lowest BCUT2D eigenvalue weighted by molar-refractivity contribution is 0.0306. The van der Waals surface area contributed by atoms with Gasteiger partial charge in [-0.1, -0.05) is 0 Å². The van der Waals surface area contributed by atoms with Gasteiger partial charge in [0.1, 0.15) is 0 Å². The summed E-state index contributed by atoms with van der Waals surface area (Å²) in [7, 11) is 2.09. The zero-order valence-electron chi connectivity index (χ0n) is 11.4. The number of ether oxygens (including phenoxy) is 1. The standard InChI is InChI=1S/C13H27N3O/c1-13(14-2)3-5-15(6-4-13)7-8-16-9-11-17-12-10-16/h14H,3-12H2,1-2H3. The molecule has 0 aliphatic carbocycles. The Kier molecular flexibility index (Phi) is 4.79. The number of hydrogen-bond acceptors (Lipinski definition) is 4. The summed E-state index contributed by atoms with van der Waals surface area (Å²) in [6, 6.07) is 0. The maximum absolute atomic E-state index is 5.37. The van der Waals surface area contributed by atoms with Gasteiger partial charge in [0.25, 0.3) is 0 Å². The summed E-state index contributed by atoms with van der Waals surface area (Å²) in [5.41, 5.74) is 0.371. The fraction of sp³-hybridized carbons (Fsp3) is 1.00. The van der Waals surface area contributed by atoms with Crippen molar-refractivity contribution >= 4 is 0 Å². The van der Waals surface area contributed by atoms with Gasteiger partial charge in [0, 0.05) is 31.7 Å². The Morgan fingerprint density at radius 3 is 2.06 bits per heavy atom. The van der Waals surface area contributed by atoms with E-state index in [1.807, 2.05) is 0 Å². The first-order chi connectivity index (χ1) is 8.22. The van der Waals surface area contributed by atoms with Crippen molar-refractivity contribution in [2.24, 2.45) is 0 Å². The second kappa shape index (κ2) is 6.14. The Balaban J connectivity index is 1.64. The van der Waals surface area contributed by atoms with Gasteiger partial charge in [0.2, 0.25) is 0 Å². The molecule has 4 nitrogen and oxygen atoms in total. The van der Waals surface area contributed by atoms with E-state index in [0.717, 1.165) is 26.3 Å². The van der Waals surface area contributed by atoms with E-state index in [2.05, 4.69) is 29.1 Å². The van der Waals surface area contributed by atoms with Crippen LogP contribution >= 0.6 is 0 Å². The van der Waals surface area contributed by atoms with Gasteiger partial charge in [-0.25, -0.2) is 0 Å². The molecule has 0 unspecified atom stereocenters. The van der Waals surface area contributed by atoms with Crippen molar-refractivity contribution in [3.8, 4) is 0 Å². The molecule has 0 aromatic rings. The average molecular weight is 241 g/mol. The van der Waals surface area contributed by atoms with Crippen LogP contribution in [0.1, 0.15) is 19.8 Å². The third kappa shape index (κ3) is 3.91. The molecule has 2 heterocycles. The van der Waals surface area contributed by atoms with E-state index in [0.29, 0.717) is 5.54 Å². The van der Waals surface area contributed by atoms with Crippen molar-refractivity contribution in [3.05, 3.63) is 0 Å². The Bertz CT molecular complexity index is 221. The van der Waals surface area contributed by atoms with Gasteiger partial charge < -0.3 is 15.0 Å². The molecule has 2 aliphatic rings. The van der Waals surface area contributed by atoms with E-state index in [1.165, 1.54) is 39.0 Å². The van der Waals surface area contributed by atoms with Crippen molar-refractivity contribution in [3.63, 3.8) is 0 Å². The Morgan fingerprint density at radius 1 is 1.00 bits per heavy atom. The van der Waals surface area contributed by atoms with Crippen LogP contribution < -0.4 is 5.32 Å². The molecule has 2 saturated heterocycles. The molecule has 4 heteroatoms. The van der Waals surface area contributed by atoms with E-state index in [9.17, 15) is 0 Å². The fourth-order valence-electron chi connectivity index (χ4n) is 2.63. The zero-order chi connectivity index (χ0) is 12.1. The number of nitrogens with zero attached hydrogens (tertiary/aromatic N) is 2. The summed E-state index contributed by atoms with van der Waals surface area (Å²) in [5.74, 6) is 0. The number of hydrogen-bond donors (Lipinski definition) is 1. The van der Waals surface area contributed by atoms with E-state index >= 15 is 0 Å². The third-order valence-corrected chi connectivity index (χ3v) is 4.40. The predicted molar refractivity (Wildman–Crippen MR) is 70.4 cm³/mol. The van der Waals surface area contributed by atoms with Gasteiger partial charge in [0.05, 0.1) is 13.2 Å². The van der Waals surface area contributed by atoms with Crippen molar-refractivity contribution in [2.75, 3.05) is 59.5 Å². The monoisotopic (exact) mass is 241 g/mol. The van der Waals surface area contributed by atoms with Crippen LogP contribution in [-0.2, 0) is 4.74 Å². The Morgan fingerprint density at radius 2 is 1.53 bits per heavy atom. The maximum atomic E-state index is 5.37. The third-order valence-electron chi connectivity index (χ3n) is 4.40. The first-order valence-electron chi connectivity index (χ1n) is 6.93. The van der Waals surface area contributed by atoms with Crippen LogP contribution in [0.4, 0.5) is 0 Å². The molecule has 2 fully saturated rings. The highest BCUT2D eigenvalue weighted by Gasteiger charge is 2.28. The minimum Gasteiger partial charge on any atom is -0.379 e. The highest BCUT2D eigenvalue weighted by Crippen LogP contribution is 2.20. The topological polar surface area (TPSA) is 27.7 Å². The molecule has 0 bridgehead atoms. The molecular formula is C13H27N3O. The number of likely N-dealkylation sites (tertiary alicyclic amines) is 1. The molecular weight excluding hydrogens is 214 g/mol. The van der Waals surface area contributed by atoms with Gasteiger partial charge in [-0.15, -0.1) is 0 Å². The number of nitrogens with one attached hydrogen (secondary N) is 1. The minimum atomic E-state index is 0.371. The Labute approximate surface area is 105 Å². The highest BCUT2D eigenvalue weighted by molar-refractivity contribution is 4.88. The fourth-order valence-corrected chi connectivity index (χ4v) is 2.63. The highest BCUT2D eigenvalue weighted by atomic mass is 16.5. The summed E-state index contributed by atoms with van der Waals surface area (Å²) in [4.78, 5) is 5.13. The van der Waals surface area contributed by atoms with E-state index in [1.54, 1.807) is 0 Å². The summed E-state index contributed by atoms with van der Waals surface area (Å²) in [5, 5.41) is 3.45. The summed E-state index contributed by atoms with van der Waals surface area (Å²) in [6.45, 7) is 11.3. The van der Waals surface area contributed by atoms with Crippen LogP contribution in [0.5, 0.6) is 0 Å².